The number of nitrogens with two attached hydrogens (primary N) is 1. The van der Waals surface area contributed by atoms with Gasteiger partial charge in [-0.25, -0.2) is 4.79 Å². The maximum atomic E-state index is 11.6. The fourth-order valence-corrected chi connectivity index (χ4v) is 1.70. The lowest BCUT2D eigenvalue weighted by molar-refractivity contribution is -0.144. The van der Waals surface area contributed by atoms with Gasteiger partial charge in [0.1, 0.15) is 6.04 Å². The Kier molecular flexibility index (Phi) is 6.02. The number of carbonyl (C=O) groups excluding carboxylic acids is 2. The molecule has 3 N–H and O–H groups in total. The Morgan fingerprint density at radius 2 is 1.95 bits per heavy atom. The Morgan fingerprint density at radius 1 is 1.32 bits per heavy atom. The number of carbonyl (C=O) groups is 2. The van der Waals surface area contributed by atoms with E-state index in [1.54, 1.807) is 6.92 Å². The summed E-state index contributed by atoms with van der Waals surface area (Å²) >= 11 is 0. The normalized spacial score (nSPS) is 13.4. The van der Waals surface area contributed by atoms with E-state index < -0.39 is 12.0 Å². The molecule has 0 saturated carbocycles. The van der Waals surface area contributed by atoms with Gasteiger partial charge in [-0.3, -0.25) is 4.79 Å². The van der Waals surface area contributed by atoms with Crippen molar-refractivity contribution in [2.75, 3.05) is 7.11 Å². The number of esters is 1. The summed E-state index contributed by atoms with van der Waals surface area (Å²) in [5.41, 5.74) is 6.99. The molecule has 5 heteroatoms. The molecule has 5 nitrogen and oxygen atoms in total. The van der Waals surface area contributed by atoms with Gasteiger partial charge in [0, 0.05) is 12.5 Å². The highest BCUT2D eigenvalue weighted by Gasteiger charge is 2.16. The van der Waals surface area contributed by atoms with Crippen molar-refractivity contribution in [3.05, 3.63) is 35.9 Å². The van der Waals surface area contributed by atoms with Gasteiger partial charge < -0.3 is 15.8 Å². The largest absolute Gasteiger partial charge is 0.467 e. The summed E-state index contributed by atoms with van der Waals surface area (Å²) in [4.78, 5) is 22.8. The number of amides is 1. The van der Waals surface area contributed by atoms with Crippen LogP contribution in [0.15, 0.2) is 30.3 Å². The first-order valence-corrected chi connectivity index (χ1v) is 6.22. The standard InChI is InChI=1S/C14H20N2O3/c1-10(14(18)19-2)16-13(17)9-8-12(15)11-6-4-3-5-7-11/h3-7,10,12H,8-9,15H2,1-2H3,(H,16,17). The van der Waals surface area contributed by atoms with Gasteiger partial charge in [0.25, 0.3) is 0 Å². The van der Waals surface area contributed by atoms with Crippen LogP contribution in [0.3, 0.4) is 0 Å². The van der Waals surface area contributed by atoms with Gasteiger partial charge in [0.2, 0.25) is 5.91 Å². The lowest BCUT2D eigenvalue weighted by atomic mass is 10.0. The number of nitrogens with one attached hydrogen (secondary N) is 1. The van der Waals surface area contributed by atoms with Crippen LogP contribution in [0.5, 0.6) is 0 Å². The van der Waals surface area contributed by atoms with Crippen LogP contribution in [-0.2, 0) is 14.3 Å². The molecule has 0 radical (unpaired) electrons. The van der Waals surface area contributed by atoms with E-state index in [1.165, 1.54) is 7.11 Å². The van der Waals surface area contributed by atoms with Crippen molar-refractivity contribution in [2.24, 2.45) is 5.73 Å². The molecule has 0 saturated heterocycles. The Labute approximate surface area is 113 Å². The predicted octanol–water partition coefficient (Wildman–Crippen LogP) is 1.14. The minimum atomic E-state index is -0.634. The number of hydrogen-bond acceptors (Lipinski definition) is 4. The maximum absolute atomic E-state index is 11.6. The maximum Gasteiger partial charge on any atom is 0.328 e. The van der Waals surface area contributed by atoms with Crippen LogP contribution in [0, 0.1) is 0 Å². The van der Waals surface area contributed by atoms with Gasteiger partial charge in [-0.2, -0.15) is 0 Å². The van der Waals surface area contributed by atoms with Crippen molar-refractivity contribution in [1.82, 2.24) is 5.32 Å². The van der Waals surface area contributed by atoms with Crippen molar-refractivity contribution in [1.29, 1.82) is 0 Å². The van der Waals surface area contributed by atoms with Crippen LogP contribution in [0.2, 0.25) is 0 Å². The minimum absolute atomic E-state index is 0.180. The molecule has 2 unspecified atom stereocenters. The van der Waals surface area contributed by atoms with Crippen molar-refractivity contribution in [3.63, 3.8) is 0 Å². The molecule has 19 heavy (non-hydrogen) atoms. The van der Waals surface area contributed by atoms with E-state index in [2.05, 4.69) is 10.1 Å². The van der Waals surface area contributed by atoms with E-state index in [0.717, 1.165) is 5.56 Å². The molecule has 1 rings (SSSR count). The molecule has 2 atom stereocenters. The molecular weight excluding hydrogens is 244 g/mol. The zero-order chi connectivity index (χ0) is 14.3. The SMILES string of the molecule is COC(=O)C(C)NC(=O)CCC(N)c1ccccc1. The number of ether oxygens (including phenoxy) is 1. The average molecular weight is 264 g/mol. The molecule has 0 aliphatic rings. The zero-order valence-electron chi connectivity index (χ0n) is 11.3. The molecule has 1 amide bonds. The highest BCUT2D eigenvalue weighted by atomic mass is 16.5. The molecule has 0 heterocycles. The van der Waals surface area contributed by atoms with Gasteiger partial charge >= 0.3 is 5.97 Å². The molecule has 0 spiro atoms. The topological polar surface area (TPSA) is 81.4 Å². The summed E-state index contributed by atoms with van der Waals surface area (Å²) in [6.07, 6.45) is 0.807. The van der Waals surface area contributed by atoms with Crippen LogP contribution in [0.4, 0.5) is 0 Å². The molecular formula is C14H20N2O3. The second-order valence-electron chi connectivity index (χ2n) is 4.37. The molecule has 1 aromatic carbocycles. The number of methoxy groups -OCH3 is 1. The third kappa shape index (κ3) is 5.09. The minimum Gasteiger partial charge on any atom is -0.467 e. The Hall–Kier alpha value is -1.88. The second kappa shape index (κ2) is 7.53. The summed E-state index contributed by atoms with van der Waals surface area (Å²) in [5.74, 6) is -0.662. The van der Waals surface area contributed by atoms with Crippen LogP contribution >= 0.6 is 0 Å². The first-order chi connectivity index (χ1) is 9.04. The molecule has 0 aliphatic heterocycles. The van der Waals surface area contributed by atoms with Crippen LogP contribution in [0.1, 0.15) is 31.4 Å². The van der Waals surface area contributed by atoms with Crippen molar-refractivity contribution >= 4 is 11.9 Å². The zero-order valence-corrected chi connectivity index (χ0v) is 11.3. The third-order valence-electron chi connectivity index (χ3n) is 2.84. The van der Waals surface area contributed by atoms with Gasteiger partial charge in [-0.15, -0.1) is 0 Å². The van der Waals surface area contributed by atoms with E-state index in [1.807, 2.05) is 30.3 Å². The van der Waals surface area contributed by atoms with Crippen LogP contribution < -0.4 is 11.1 Å². The average Bonchev–Trinajstić information content (AvgIpc) is 2.44. The van der Waals surface area contributed by atoms with Crippen LogP contribution in [0.25, 0.3) is 0 Å². The monoisotopic (exact) mass is 264 g/mol. The Bertz CT molecular complexity index is 420. The summed E-state index contributed by atoms with van der Waals surface area (Å²) in [5, 5.41) is 2.57. The number of benzene rings is 1. The third-order valence-corrected chi connectivity index (χ3v) is 2.84. The highest BCUT2D eigenvalue weighted by Crippen LogP contribution is 2.14. The quantitative estimate of drug-likeness (QED) is 0.755. The summed E-state index contributed by atoms with van der Waals surface area (Å²) in [7, 11) is 1.29. The predicted molar refractivity (Wildman–Crippen MR) is 72.2 cm³/mol. The second-order valence-corrected chi connectivity index (χ2v) is 4.37. The lowest BCUT2D eigenvalue weighted by Crippen LogP contribution is -2.39. The smallest absolute Gasteiger partial charge is 0.328 e. The summed E-state index contributed by atoms with van der Waals surface area (Å²) < 4.78 is 4.53. The molecule has 1 aromatic rings. The lowest BCUT2D eigenvalue weighted by Gasteiger charge is -2.14. The van der Waals surface area contributed by atoms with Crippen molar-refractivity contribution in [2.45, 2.75) is 31.8 Å². The molecule has 104 valence electrons. The van der Waals surface area contributed by atoms with E-state index in [-0.39, 0.29) is 18.4 Å². The number of hydrogen-bond donors (Lipinski definition) is 2. The Morgan fingerprint density at radius 3 is 2.53 bits per heavy atom. The van der Waals surface area contributed by atoms with Gasteiger partial charge in [-0.05, 0) is 18.9 Å². The summed E-state index contributed by atoms with van der Waals surface area (Å²) in [6, 6.07) is 8.79. The van der Waals surface area contributed by atoms with Gasteiger partial charge in [0.05, 0.1) is 7.11 Å². The van der Waals surface area contributed by atoms with E-state index in [9.17, 15) is 9.59 Å². The Balaban J connectivity index is 2.36. The highest BCUT2D eigenvalue weighted by molar-refractivity contribution is 5.84. The van der Waals surface area contributed by atoms with E-state index >= 15 is 0 Å². The van der Waals surface area contributed by atoms with Gasteiger partial charge in [-0.1, -0.05) is 30.3 Å². The fraction of sp³-hybridized carbons (Fsp3) is 0.429. The van der Waals surface area contributed by atoms with E-state index in [0.29, 0.717) is 6.42 Å². The molecule has 0 aliphatic carbocycles. The fourth-order valence-electron chi connectivity index (χ4n) is 1.70. The van der Waals surface area contributed by atoms with Crippen molar-refractivity contribution in [3.8, 4) is 0 Å². The van der Waals surface area contributed by atoms with E-state index in [4.69, 9.17) is 5.73 Å². The van der Waals surface area contributed by atoms with Gasteiger partial charge in [0.15, 0.2) is 0 Å². The number of rotatable bonds is 6. The summed E-state index contributed by atoms with van der Waals surface area (Å²) in [6.45, 7) is 1.58. The molecule has 0 fully saturated rings. The first-order valence-electron chi connectivity index (χ1n) is 6.22. The molecule has 0 aromatic heterocycles. The molecule has 0 bridgehead atoms. The van der Waals surface area contributed by atoms with Crippen LogP contribution in [-0.4, -0.2) is 25.0 Å². The first kappa shape index (κ1) is 15.2. The van der Waals surface area contributed by atoms with Crippen molar-refractivity contribution < 1.29 is 14.3 Å².